The summed E-state index contributed by atoms with van der Waals surface area (Å²) in [7, 11) is 0. The zero-order valence-electron chi connectivity index (χ0n) is 10.8. The second-order valence-electron chi connectivity index (χ2n) is 4.55. The van der Waals surface area contributed by atoms with E-state index in [1.807, 2.05) is 0 Å². The molecule has 0 saturated carbocycles. The number of hydrogen-bond acceptors (Lipinski definition) is 3. The molecular weight excluding hydrogens is 404 g/mol. The second-order valence-corrected chi connectivity index (χ2v) is 5.72. The predicted octanol–water partition coefficient (Wildman–Crippen LogP) is 2.93. The van der Waals surface area contributed by atoms with Crippen LogP contribution in [0.2, 0.25) is 0 Å². The molecule has 0 saturated heterocycles. The summed E-state index contributed by atoms with van der Waals surface area (Å²) in [6.45, 7) is 0. The van der Waals surface area contributed by atoms with Gasteiger partial charge in [-0.25, -0.2) is 14.1 Å². The third-order valence-electron chi connectivity index (χ3n) is 3.32. The molecule has 110 valence electrons. The van der Waals surface area contributed by atoms with Gasteiger partial charge in [-0.15, -0.1) is 0 Å². The zero-order valence-corrected chi connectivity index (χ0v) is 13.0. The maximum Gasteiger partial charge on any atom is 0.337 e. The van der Waals surface area contributed by atoms with Gasteiger partial charge in [0.25, 0.3) is 11.8 Å². The summed E-state index contributed by atoms with van der Waals surface area (Å²) in [6.07, 6.45) is 0. The number of carboxylic acid groups (broad SMARTS) is 1. The third-order valence-corrected chi connectivity index (χ3v) is 4.15. The van der Waals surface area contributed by atoms with E-state index in [0.29, 0.717) is 4.90 Å². The van der Waals surface area contributed by atoms with Crippen molar-refractivity contribution >= 4 is 46.1 Å². The SMILES string of the molecule is O=C(O)c1ccc(I)c(F)c1N1C(=O)c2ccccc2C1=O. The van der Waals surface area contributed by atoms with Gasteiger partial charge in [0.2, 0.25) is 0 Å². The van der Waals surface area contributed by atoms with E-state index in [1.165, 1.54) is 24.3 Å². The van der Waals surface area contributed by atoms with Crippen LogP contribution in [0.15, 0.2) is 36.4 Å². The Morgan fingerprint density at radius 3 is 2.09 bits per heavy atom. The van der Waals surface area contributed by atoms with Gasteiger partial charge in [-0.3, -0.25) is 9.59 Å². The molecule has 22 heavy (non-hydrogen) atoms. The maximum atomic E-state index is 14.4. The second kappa shape index (κ2) is 5.16. The molecule has 5 nitrogen and oxygen atoms in total. The lowest BCUT2D eigenvalue weighted by molar-refractivity contribution is 0.0697. The number of carbonyl (C=O) groups excluding carboxylic acids is 2. The van der Waals surface area contributed by atoms with Crippen molar-refractivity contribution in [2.75, 3.05) is 4.90 Å². The summed E-state index contributed by atoms with van der Waals surface area (Å²) in [5.74, 6) is -3.79. The number of aromatic carboxylic acids is 1. The summed E-state index contributed by atoms with van der Waals surface area (Å²) < 4.78 is 14.5. The molecule has 1 heterocycles. The molecule has 0 fully saturated rings. The fraction of sp³-hybridized carbons (Fsp3) is 0. The van der Waals surface area contributed by atoms with Crippen molar-refractivity contribution in [1.82, 2.24) is 0 Å². The van der Waals surface area contributed by atoms with Crippen molar-refractivity contribution in [2.45, 2.75) is 0 Å². The molecule has 1 aliphatic heterocycles. The summed E-state index contributed by atoms with van der Waals surface area (Å²) in [4.78, 5) is 36.7. The van der Waals surface area contributed by atoms with Crippen LogP contribution in [0.3, 0.4) is 0 Å². The van der Waals surface area contributed by atoms with Crippen LogP contribution in [0.25, 0.3) is 0 Å². The van der Waals surface area contributed by atoms with Crippen LogP contribution >= 0.6 is 22.6 Å². The number of amides is 2. The number of carboxylic acids is 1. The Bertz CT molecular complexity index is 814. The van der Waals surface area contributed by atoms with Gasteiger partial charge in [0.05, 0.1) is 20.3 Å². The van der Waals surface area contributed by atoms with Gasteiger partial charge >= 0.3 is 5.97 Å². The molecule has 0 spiro atoms. The average molecular weight is 411 g/mol. The average Bonchev–Trinajstić information content (AvgIpc) is 2.74. The molecule has 0 aromatic heterocycles. The molecule has 3 rings (SSSR count). The first kappa shape index (κ1) is 14.6. The molecule has 0 aliphatic carbocycles. The number of nitrogens with zero attached hydrogens (tertiary/aromatic N) is 1. The molecule has 0 bridgehead atoms. The van der Waals surface area contributed by atoms with E-state index in [0.717, 1.165) is 0 Å². The standard InChI is InChI=1S/C15H7FINO4/c16-11-10(17)6-5-9(15(21)22)12(11)18-13(19)7-3-1-2-4-8(7)14(18)20/h1-6H,(H,21,22). The molecule has 2 amide bonds. The van der Waals surface area contributed by atoms with E-state index in [-0.39, 0.29) is 14.7 Å². The van der Waals surface area contributed by atoms with Gasteiger partial charge in [0.15, 0.2) is 5.82 Å². The number of rotatable bonds is 2. The van der Waals surface area contributed by atoms with Gasteiger partial charge < -0.3 is 5.11 Å². The minimum atomic E-state index is -1.41. The first-order valence-corrected chi connectivity index (χ1v) is 7.20. The van der Waals surface area contributed by atoms with Crippen LogP contribution in [0, 0.1) is 9.39 Å². The van der Waals surface area contributed by atoms with E-state index in [9.17, 15) is 23.9 Å². The third kappa shape index (κ3) is 2.00. The van der Waals surface area contributed by atoms with Crippen molar-refractivity contribution in [1.29, 1.82) is 0 Å². The normalized spacial score (nSPS) is 13.5. The Labute approximate surface area is 137 Å². The fourth-order valence-electron chi connectivity index (χ4n) is 2.32. The van der Waals surface area contributed by atoms with E-state index < -0.39 is 34.9 Å². The van der Waals surface area contributed by atoms with E-state index in [2.05, 4.69) is 0 Å². The number of halogens is 2. The van der Waals surface area contributed by atoms with Crippen LogP contribution in [-0.4, -0.2) is 22.9 Å². The molecule has 2 aromatic carbocycles. The van der Waals surface area contributed by atoms with Crippen LogP contribution in [-0.2, 0) is 0 Å². The largest absolute Gasteiger partial charge is 0.478 e. The first-order chi connectivity index (χ1) is 10.4. The molecule has 0 atom stereocenters. The summed E-state index contributed by atoms with van der Waals surface area (Å²) >= 11 is 1.67. The number of anilines is 1. The Morgan fingerprint density at radius 2 is 1.59 bits per heavy atom. The minimum Gasteiger partial charge on any atom is -0.478 e. The Hall–Kier alpha value is -2.29. The predicted molar refractivity (Wildman–Crippen MR) is 83.7 cm³/mol. The van der Waals surface area contributed by atoms with Crippen LogP contribution in [0.4, 0.5) is 10.1 Å². The highest BCUT2D eigenvalue weighted by molar-refractivity contribution is 14.1. The molecule has 1 N–H and O–H groups in total. The summed E-state index contributed by atoms with van der Waals surface area (Å²) in [5, 5.41) is 9.21. The van der Waals surface area contributed by atoms with Crippen LogP contribution in [0.5, 0.6) is 0 Å². The summed E-state index contributed by atoms with van der Waals surface area (Å²) in [6, 6.07) is 8.50. The first-order valence-electron chi connectivity index (χ1n) is 6.12. The smallest absolute Gasteiger partial charge is 0.337 e. The molecule has 2 aromatic rings. The van der Waals surface area contributed by atoms with Crippen molar-refractivity contribution in [3.63, 3.8) is 0 Å². The van der Waals surface area contributed by atoms with Gasteiger partial charge in [-0.2, -0.15) is 0 Å². The fourth-order valence-corrected chi connectivity index (χ4v) is 2.76. The Kier molecular flexibility index (Phi) is 3.44. The van der Waals surface area contributed by atoms with Crippen LogP contribution in [0.1, 0.15) is 31.1 Å². The lowest BCUT2D eigenvalue weighted by atomic mass is 10.1. The highest BCUT2D eigenvalue weighted by Crippen LogP contribution is 2.34. The number of fused-ring (bicyclic) bond motifs is 1. The lowest BCUT2D eigenvalue weighted by Crippen LogP contribution is -2.32. The quantitative estimate of drug-likeness (QED) is 0.610. The topological polar surface area (TPSA) is 74.7 Å². The lowest BCUT2D eigenvalue weighted by Gasteiger charge is -2.18. The summed E-state index contributed by atoms with van der Waals surface area (Å²) in [5.41, 5.74) is -0.706. The minimum absolute atomic E-state index is 0.120. The Balaban J connectivity index is 2.26. The Morgan fingerprint density at radius 1 is 1.05 bits per heavy atom. The number of hydrogen-bond donors (Lipinski definition) is 1. The molecule has 0 unspecified atom stereocenters. The highest BCUT2D eigenvalue weighted by atomic mass is 127. The number of benzene rings is 2. The number of carbonyl (C=O) groups is 3. The molecule has 7 heteroatoms. The number of imide groups is 1. The van der Waals surface area contributed by atoms with Crippen molar-refractivity contribution < 1.29 is 23.9 Å². The van der Waals surface area contributed by atoms with Crippen molar-refractivity contribution in [3.8, 4) is 0 Å². The zero-order chi connectivity index (χ0) is 16.0. The van der Waals surface area contributed by atoms with Crippen molar-refractivity contribution in [3.05, 3.63) is 62.5 Å². The van der Waals surface area contributed by atoms with Gasteiger partial charge in [0.1, 0.15) is 5.69 Å². The van der Waals surface area contributed by atoms with Gasteiger partial charge in [-0.05, 0) is 46.9 Å². The maximum absolute atomic E-state index is 14.4. The van der Waals surface area contributed by atoms with Crippen molar-refractivity contribution in [2.24, 2.45) is 0 Å². The van der Waals surface area contributed by atoms with E-state index >= 15 is 0 Å². The highest BCUT2D eigenvalue weighted by Gasteiger charge is 2.40. The molecule has 1 aliphatic rings. The van der Waals surface area contributed by atoms with E-state index in [4.69, 9.17) is 0 Å². The van der Waals surface area contributed by atoms with Gasteiger partial charge in [-0.1, -0.05) is 12.1 Å². The molecule has 0 radical (unpaired) electrons. The molecular formula is C15H7FINO4. The van der Waals surface area contributed by atoms with Gasteiger partial charge in [0, 0.05) is 0 Å². The van der Waals surface area contributed by atoms with E-state index in [1.54, 1.807) is 34.7 Å². The van der Waals surface area contributed by atoms with Crippen LogP contribution < -0.4 is 4.90 Å². The monoisotopic (exact) mass is 411 g/mol.